The van der Waals surface area contributed by atoms with Crippen LogP contribution in [0.15, 0.2) is 40.0 Å². The Kier molecular flexibility index (Phi) is 4.62. The van der Waals surface area contributed by atoms with Crippen LogP contribution in [0.5, 0.6) is 5.75 Å². The van der Waals surface area contributed by atoms with Gasteiger partial charge in [-0.1, -0.05) is 0 Å². The third kappa shape index (κ3) is 3.30. The standard InChI is InChI=1S/C19H21N3O4/c1-24-17-7-15-13(6-14(17)18-10-20-11-26-18)16(23)8-19(22-15)21-9-12-4-2-3-5-25-12/h6-8,10-12H,2-5,9H2,1H3,(H2,21,22,23). The van der Waals surface area contributed by atoms with Gasteiger partial charge in [0, 0.05) is 30.7 Å². The molecule has 0 saturated carbocycles. The lowest BCUT2D eigenvalue weighted by Crippen LogP contribution is -2.27. The first kappa shape index (κ1) is 16.7. The Hall–Kier alpha value is -2.80. The molecule has 1 fully saturated rings. The summed E-state index contributed by atoms with van der Waals surface area (Å²) in [5.74, 6) is 1.84. The molecule has 7 heteroatoms. The lowest BCUT2D eigenvalue weighted by molar-refractivity contribution is 0.0247. The summed E-state index contributed by atoms with van der Waals surface area (Å²) < 4.78 is 16.5. The lowest BCUT2D eigenvalue weighted by atomic mass is 10.1. The molecular formula is C19H21N3O4. The quantitative estimate of drug-likeness (QED) is 0.731. The van der Waals surface area contributed by atoms with Crippen molar-refractivity contribution < 1.29 is 13.9 Å². The van der Waals surface area contributed by atoms with E-state index < -0.39 is 0 Å². The van der Waals surface area contributed by atoms with Crippen molar-refractivity contribution >= 4 is 16.7 Å². The summed E-state index contributed by atoms with van der Waals surface area (Å²) in [4.78, 5) is 19.8. The van der Waals surface area contributed by atoms with Gasteiger partial charge in [0.1, 0.15) is 11.6 Å². The molecular weight excluding hydrogens is 334 g/mol. The number of nitrogens with zero attached hydrogens (tertiary/aromatic N) is 1. The van der Waals surface area contributed by atoms with E-state index in [1.807, 2.05) is 0 Å². The second kappa shape index (κ2) is 7.21. The molecule has 1 saturated heterocycles. The fraction of sp³-hybridized carbons (Fsp3) is 0.368. The molecule has 0 aliphatic carbocycles. The normalized spacial score (nSPS) is 17.3. The Morgan fingerprint density at radius 3 is 3.00 bits per heavy atom. The Balaban J connectivity index is 1.66. The molecule has 4 rings (SSSR count). The molecule has 2 N–H and O–H groups in total. The van der Waals surface area contributed by atoms with E-state index in [1.54, 1.807) is 31.5 Å². The summed E-state index contributed by atoms with van der Waals surface area (Å²) in [5, 5.41) is 3.84. The van der Waals surface area contributed by atoms with E-state index in [-0.39, 0.29) is 11.5 Å². The zero-order valence-electron chi connectivity index (χ0n) is 14.6. The van der Waals surface area contributed by atoms with Crippen LogP contribution >= 0.6 is 0 Å². The van der Waals surface area contributed by atoms with Crippen LogP contribution in [0.1, 0.15) is 19.3 Å². The summed E-state index contributed by atoms with van der Waals surface area (Å²) in [6.07, 6.45) is 6.48. The molecule has 26 heavy (non-hydrogen) atoms. The smallest absolute Gasteiger partial charge is 0.191 e. The number of aromatic nitrogens is 2. The van der Waals surface area contributed by atoms with Crippen molar-refractivity contribution in [3.8, 4) is 17.1 Å². The van der Waals surface area contributed by atoms with Gasteiger partial charge in [0.2, 0.25) is 0 Å². The minimum atomic E-state index is -0.0748. The third-order valence-electron chi connectivity index (χ3n) is 4.64. The molecule has 1 aliphatic heterocycles. The van der Waals surface area contributed by atoms with Gasteiger partial charge >= 0.3 is 0 Å². The maximum atomic E-state index is 12.6. The number of hydrogen-bond acceptors (Lipinski definition) is 6. The highest BCUT2D eigenvalue weighted by atomic mass is 16.5. The molecule has 1 aliphatic rings. The third-order valence-corrected chi connectivity index (χ3v) is 4.64. The van der Waals surface area contributed by atoms with Gasteiger partial charge in [-0.15, -0.1) is 0 Å². The minimum absolute atomic E-state index is 0.0748. The number of H-pyrrole nitrogens is 1. The average molecular weight is 355 g/mol. The van der Waals surface area contributed by atoms with E-state index >= 15 is 0 Å². The van der Waals surface area contributed by atoms with Crippen LogP contribution in [0.25, 0.3) is 22.2 Å². The molecule has 1 atom stereocenters. The van der Waals surface area contributed by atoms with Crippen molar-refractivity contribution in [2.45, 2.75) is 25.4 Å². The van der Waals surface area contributed by atoms with Crippen molar-refractivity contribution in [1.29, 1.82) is 0 Å². The molecule has 0 amide bonds. The SMILES string of the molecule is COc1cc2[nH]c(NCC3CCCCO3)cc(=O)c2cc1-c1cnco1. The molecule has 136 valence electrons. The van der Waals surface area contributed by atoms with E-state index in [0.717, 1.165) is 19.4 Å². The predicted octanol–water partition coefficient (Wildman–Crippen LogP) is 3.17. The fourth-order valence-electron chi connectivity index (χ4n) is 3.27. The first-order chi connectivity index (χ1) is 12.7. The molecule has 0 spiro atoms. The molecule has 2 aromatic heterocycles. The van der Waals surface area contributed by atoms with E-state index in [1.165, 1.54) is 12.8 Å². The van der Waals surface area contributed by atoms with Gasteiger partial charge in [0.05, 0.1) is 30.5 Å². The van der Waals surface area contributed by atoms with Crippen LogP contribution in [0, 0.1) is 0 Å². The molecule has 3 heterocycles. The second-order valence-electron chi connectivity index (χ2n) is 6.38. The van der Waals surface area contributed by atoms with Crippen molar-refractivity contribution in [1.82, 2.24) is 9.97 Å². The Morgan fingerprint density at radius 1 is 1.35 bits per heavy atom. The maximum Gasteiger partial charge on any atom is 0.191 e. The average Bonchev–Trinajstić information content (AvgIpc) is 3.21. The zero-order valence-corrected chi connectivity index (χ0v) is 14.6. The zero-order chi connectivity index (χ0) is 17.9. The van der Waals surface area contributed by atoms with Crippen LogP contribution in [0.2, 0.25) is 0 Å². The van der Waals surface area contributed by atoms with Crippen LogP contribution in [-0.2, 0) is 4.74 Å². The van der Waals surface area contributed by atoms with Crippen molar-refractivity contribution in [2.24, 2.45) is 0 Å². The molecule has 1 unspecified atom stereocenters. The lowest BCUT2D eigenvalue weighted by Gasteiger charge is -2.23. The number of hydrogen-bond donors (Lipinski definition) is 2. The van der Waals surface area contributed by atoms with Crippen LogP contribution in [0.3, 0.4) is 0 Å². The number of ether oxygens (including phenoxy) is 2. The van der Waals surface area contributed by atoms with Gasteiger partial charge in [0.25, 0.3) is 0 Å². The van der Waals surface area contributed by atoms with E-state index in [2.05, 4.69) is 15.3 Å². The van der Waals surface area contributed by atoms with E-state index in [9.17, 15) is 4.79 Å². The molecule has 7 nitrogen and oxygen atoms in total. The Bertz CT molecular complexity index is 943. The van der Waals surface area contributed by atoms with E-state index in [4.69, 9.17) is 13.9 Å². The molecule has 1 aromatic carbocycles. The highest BCUT2D eigenvalue weighted by Gasteiger charge is 2.15. The second-order valence-corrected chi connectivity index (χ2v) is 6.38. The number of pyridine rings is 1. The highest BCUT2D eigenvalue weighted by Crippen LogP contribution is 2.32. The number of aromatic amines is 1. The minimum Gasteiger partial charge on any atom is -0.496 e. The molecule has 0 radical (unpaired) electrons. The van der Waals surface area contributed by atoms with Gasteiger partial charge in [-0.3, -0.25) is 4.79 Å². The van der Waals surface area contributed by atoms with Crippen LogP contribution < -0.4 is 15.5 Å². The summed E-state index contributed by atoms with van der Waals surface area (Å²) in [6, 6.07) is 5.14. The number of anilines is 1. The van der Waals surface area contributed by atoms with Crippen LogP contribution in [-0.4, -0.2) is 36.3 Å². The first-order valence-electron chi connectivity index (χ1n) is 8.74. The number of fused-ring (bicyclic) bond motifs is 1. The summed E-state index contributed by atoms with van der Waals surface area (Å²) in [5.41, 5.74) is 1.32. The van der Waals surface area contributed by atoms with E-state index in [0.29, 0.717) is 40.3 Å². The number of methoxy groups -OCH3 is 1. The van der Waals surface area contributed by atoms with Crippen molar-refractivity contribution in [2.75, 3.05) is 25.6 Å². The Morgan fingerprint density at radius 2 is 2.27 bits per heavy atom. The predicted molar refractivity (Wildman–Crippen MR) is 98.7 cm³/mol. The van der Waals surface area contributed by atoms with Gasteiger partial charge < -0.3 is 24.2 Å². The monoisotopic (exact) mass is 355 g/mol. The molecule has 3 aromatic rings. The highest BCUT2D eigenvalue weighted by molar-refractivity contribution is 5.88. The Labute approximate surface area is 150 Å². The number of benzene rings is 1. The first-order valence-corrected chi connectivity index (χ1v) is 8.74. The van der Waals surface area contributed by atoms with Crippen molar-refractivity contribution in [3.05, 3.63) is 41.0 Å². The van der Waals surface area contributed by atoms with Crippen molar-refractivity contribution in [3.63, 3.8) is 0 Å². The largest absolute Gasteiger partial charge is 0.496 e. The number of rotatable bonds is 5. The van der Waals surface area contributed by atoms with Crippen LogP contribution in [0.4, 0.5) is 5.82 Å². The van der Waals surface area contributed by atoms with Gasteiger partial charge in [0.15, 0.2) is 17.6 Å². The van der Waals surface area contributed by atoms with Gasteiger partial charge in [-0.2, -0.15) is 0 Å². The van der Waals surface area contributed by atoms with Gasteiger partial charge in [-0.05, 0) is 25.3 Å². The summed E-state index contributed by atoms with van der Waals surface area (Å²) >= 11 is 0. The summed E-state index contributed by atoms with van der Waals surface area (Å²) in [6.45, 7) is 1.48. The summed E-state index contributed by atoms with van der Waals surface area (Å²) in [7, 11) is 1.58. The molecule has 0 bridgehead atoms. The van der Waals surface area contributed by atoms with Gasteiger partial charge in [-0.25, -0.2) is 4.98 Å². The number of oxazole rings is 1. The fourth-order valence-corrected chi connectivity index (χ4v) is 3.27. The maximum absolute atomic E-state index is 12.6. The number of nitrogens with one attached hydrogen (secondary N) is 2. The topological polar surface area (TPSA) is 89.4 Å².